The summed E-state index contributed by atoms with van der Waals surface area (Å²) >= 11 is 0. The number of rotatable bonds is 6. The highest BCUT2D eigenvalue weighted by Gasteiger charge is 2.09. The maximum atomic E-state index is 12.2. The van der Waals surface area contributed by atoms with Crippen molar-refractivity contribution in [2.24, 2.45) is 0 Å². The summed E-state index contributed by atoms with van der Waals surface area (Å²) in [7, 11) is 0. The largest absolute Gasteiger partial charge is 0.350 e. The molecule has 1 aromatic carbocycles. The van der Waals surface area contributed by atoms with Crippen molar-refractivity contribution in [2.45, 2.75) is 46.0 Å². The smallest absolute Gasteiger partial charge is 0.271 e. The van der Waals surface area contributed by atoms with Crippen molar-refractivity contribution in [1.82, 2.24) is 15.3 Å². The minimum absolute atomic E-state index is 0.174. The summed E-state index contributed by atoms with van der Waals surface area (Å²) < 4.78 is 0. The summed E-state index contributed by atoms with van der Waals surface area (Å²) in [5.74, 6) is 0.448. The minimum atomic E-state index is -0.174. The predicted octanol–water partition coefficient (Wildman–Crippen LogP) is 4.46. The monoisotopic (exact) mass is 350 g/mol. The fourth-order valence-electron chi connectivity index (χ4n) is 3.04. The lowest BCUT2D eigenvalue weighted by molar-refractivity contribution is 0.0948. The van der Waals surface area contributed by atoms with Gasteiger partial charge in [0.1, 0.15) is 11.5 Å². The van der Waals surface area contributed by atoms with Gasteiger partial charge in [-0.05, 0) is 69.2 Å². The predicted molar refractivity (Wildman–Crippen MR) is 105 cm³/mol. The second-order valence-electron chi connectivity index (χ2n) is 6.82. The minimum Gasteiger partial charge on any atom is -0.350 e. The Bertz CT molecular complexity index is 796. The molecule has 0 spiro atoms. The first kappa shape index (κ1) is 18.1. The molecular weight excluding hydrogens is 324 g/mol. The van der Waals surface area contributed by atoms with E-state index in [9.17, 15) is 4.79 Å². The quantitative estimate of drug-likeness (QED) is 0.755. The number of nitrogens with zero attached hydrogens (tertiary/aromatic N) is 2. The van der Waals surface area contributed by atoms with Gasteiger partial charge in [0.05, 0.1) is 12.4 Å². The molecular formula is C21H26N4O. The molecule has 1 heterocycles. The SMILES string of the molecule is Cc1ccc(Nc2cnc(C(=O)NCCC3=CCCCC3)cn2)cc1C. The molecule has 2 N–H and O–H groups in total. The second-order valence-corrected chi connectivity index (χ2v) is 6.82. The third-order valence-corrected chi connectivity index (χ3v) is 4.78. The van der Waals surface area contributed by atoms with Crippen LogP contribution in [0.25, 0.3) is 0 Å². The molecule has 26 heavy (non-hydrogen) atoms. The van der Waals surface area contributed by atoms with Crippen LogP contribution in [0.5, 0.6) is 0 Å². The van der Waals surface area contributed by atoms with Gasteiger partial charge in [0.25, 0.3) is 5.91 Å². The van der Waals surface area contributed by atoms with E-state index < -0.39 is 0 Å². The topological polar surface area (TPSA) is 66.9 Å². The van der Waals surface area contributed by atoms with Crippen LogP contribution in [0.1, 0.15) is 53.7 Å². The van der Waals surface area contributed by atoms with E-state index in [1.165, 1.54) is 42.2 Å². The van der Waals surface area contributed by atoms with Crippen molar-refractivity contribution in [1.29, 1.82) is 0 Å². The number of carbonyl (C=O) groups excluding carboxylic acids is 1. The van der Waals surface area contributed by atoms with E-state index >= 15 is 0 Å². The molecule has 5 heteroatoms. The molecule has 0 fully saturated rings. The number of aromatic nitrogens is 2. The third-order valence-electron chi connectivity index (χ3n) is 4.78. The van der Waals surface area contributed by atoms with Crippen LogP contribution < -0.4 is 10.6 Å². The summed E-state index contributed by atoms with van der Waals surface area (Å²) in [6.45, 7) is 4.80. The van der Waals surface area contributed by atoms with Gasteiger partial charge < -0.3 is 10.6 Å². The lowest BCUT2D eigenvalue weighted by Gasteiger charge is -2.12. The molecule has 136 valence electrons. The average molecular weight is 350 g/mol. The Hall–Kier alpha value is -2.69. The molecule has 0 saturated heterocycles. The number of hydrogen-bond donors (Lipinski definition) is 2. The molecule has 0 bridgehead atoms. The zero-order chi connectivity index (χ0) is 18.4. The summed E-state index contributed by atoms with van der Waals surface area (Å²) in [4.78, 5) is 20.7. The van der Waals surface area contributed by atoms with Crippen molar-refractivity contribution in [2.75, 3.05) is 11.9 Å². The van der Waals surface area contributed by atoms with Crippen LogP contribution in [-0.2, 0) is 0 Å². The second kappa shape index (κ2) is 8.61. The molecule has 1 aromatic heterocycles. The Morgan fingerprint density at radius 2 is 2.00 bits per heavy atom. The number of amides is 1. The molecule has 1 aliphatic rings. The van der Waals surface area contributed by atoms with Gasteiger partial charge in [0, 0.05) is 12.2 Å². The maximum absolute atomic E-state index is 12.2. The summed E-state index contributed by atoms with van der Waals surface area (Å²) in [6.07, 6.45) is 11.2. The number of carbonyl (C=O) groups is 1. The third kappa shape index (κ3) is 4.91. The van der Waals surface area contributed by atoms with Crippen LogP contribution in [0.3, 0.4) is 0 Å². The van der Waals surface area contributed by atoms with Crippen LogP contribution in [0.15, 0.2) is 42.2 Å². The number of anilines is 2. The van der Waals surface area contributed by atoms with Crippen LogP contribution in [0, 0.1) is 13.8 Å². The van der Waals surface area contributed by atoms with Gasteiger partial charge in [-0.3, -0.25) is 4.79 Å². The van der Waals surface area contributed by atoms with Gasteiger partial charge in [-0.1, -0.05) is 17.7 Å². The van der Waals surface area contributed by atoms with Crippen LogP contribution in [-0.4, -0.2) is 22.4 Å². The first-order chi connectivity index (χ1) is 12.6. The number of aryl methyl sites for hydroxylation is 2. The molecule has 0 unspecified atom stereocenters. The first-order valence-electron chi connectivity index (χ1n) is 9.24. The Morgan fingerprint density at radius 1 is 1.12 bits per heavy atom. The van der Waals surface area contributed by atoms with E-state index in [2.05, 4.69) is 52.7 Å². The first-order valence-corrected chi connectivity index (χ1v) is 9.24. The molecule has 5 nitrogen and oxygen atoms in total. The molecule has 3 rings (SSSR count). The Kier molecular flexibility index (Phi) is 6.00. The van der Waals surface area contributed by atoms with Crippen LogP contribution >= 0.6 is 0 Å². The Balaban J connectivity index is 1.52. The van der Waals surface area contributed by atoms with E-state index in [0.717, 1.165) is 18.5 Å². The van der Waals surface area contributed by atoms with Crippen molar-refractivity contribution in [3.8, 4) is 0 Å². The molecule has 0 radical (unpaired) electrons. The van der Waals surface area contributed by atoms with Crippen molar-refractivity contribution >= 4 is 17.4 Å². The number of benzene rings is 1. The van der Waals surface area contributed by atoms with Crippen molar-refractivity contribution < 1.29 is 4.79 Å². The van der Waals surface area contributed by atoms with E-state index in [1.54, 1.807) is 6.20 Å². The Morgan fingerprint density at radius 3 is 2.69 bits per heavy atom. The molecule has 1 amide bonds. The highest BCUT2D eigenvalue weighted by atomic mass is 16.1. The molecule has 0 saturated carbocycles. The highest BCUT2D eigenvalue weighted by Crippen LogP contribution is 2.20. The molecule has 0 aliphatic heterocycles. The fraction of sp³-hybridized carbons (Fsp3) is 0.381. The van der Waals surface area contributed by atoms with Crippen LogP contribution in [0.4, 0.5) is 11.5 Å². The van der Waals surface area contributed by atoms with Crippen LogP contribution in [0.2, 0.25) is 0 Å². The van der Waals surface area contributed by atoms with Gasteiger partial charge in [-0.25, -0.2) is 9.97 Å². The van der Waals surface area contributed by atoms with E-state index in [4.69, 9.17) is 0 Å². The highest BCUT2D eigenvalue weighted by molar-refractivity contribution is 5.92. The van der Waals surface area contributed by atoms with Gasteiger partial charge in [-0.2, -0.15) is 0 Å². The number of hydrogen-bond acceptors (Lipinski definition) is 4. The van der Waals surface area contributed by atoms with Gasteiger partial charge >= 0.3 is 0 Å². The number of allylic oxidation sites excluding steroid dienone is 1. The zero-order valence-electron chi connectivity index (χ0n) is 15.5. The lowest BCUT2D eigenvalue weighted by atomic mass is 9.97. The average Bonchev–Trinajstić information content (AvgIpc) is 2.66. The summed E-state index contributed by atoms with van der Waals surface area (Å²) in [6, 6.07) is 6.14. The summed E-state index contributed by atoms with van der Waals surface area (Å²) in [5, 5.41) is 6.14. The lowest BCUT2D eigenvalue weighted by Crippen LogP contribution is -2.26. The van der Waals surface area contributed by atoms with Gasteiger partial charge in [0.15, 0.2) is 0 Å². The fourth-order valence-corrected chi connectivity index (χ4v) is 3.04. The summed E-state index contributed by atoms with van der Waals surface area (Å²) in [5.41, 5.74) is 5.22. The van der Waals surface area contributed by atoms with E-state index in [0.29, 0.717) is 18.1 Å². The maximum Gasteiger partial charge on any atom is 0.271 e. The van der Waals surface area contributed by atoms with Crippen molar-refractivity contribution in [3.63, 3.8) is 0 Å². The molecule has 1 aliphatic carbocycles. The zero-order valence-corrected chi connectivity index (χ0v) is 15.5. The van der Waals surface area contributed by atoms with Gasteiger partial charge in [-0.15, -0.1) is 0 Å². The standard InChI is InChI=1S/C21H26N4O/c1-15-8-9-18(12-16(15)2)25-20-14-23-19(13-24-20)21(26)22-11-10-17-6-4-3-5-7-17/h6,8-9,12-14H,3-5,7,10-11H2,1-2H3,(H,22,26)(H,24,25). The van der Waals surface area contributed by atoms with Gasteiger partial charge in [0.2, 0.25) is 0 Å². The normalized spacial score (nSPS) is 13.8. The number of nitrogens with one attached hydrogen (secondary N) is 2. The van der Waals surface area contributed by atoms with Crippen molar-refractivity contribution in [3.05, 3.63) is 59.1 Å². The van der Waals surface area contributed by atoms with E-state index in [-0.39, 0.29) is 5.91 Å². The Labute approximate surface area is 155 Å². The van der Waals surface area contributed by atoms with E-state index in [1.807, 2.05) is 6.07 Å². The molecule has 2 aromatic rings. The molecule has 0 atom stereocenters.